The van der Waals surface area contributed by atoms with Gasteiger partial charge in [0, 0.05) is 24.6 Å². The van der Waals surface area contributed by atoms with Gasteiger partial charge < -0.3 is 29.9 Å². The molecule has 0 unspecified atom stereocenters. The van der Waals surface area contributed by atoms with Crippen molar-refractivity contribution in [3.8, 4) is 11.3 Å². The summed E-state index contributed by atoms with van der Waals surface area (Å²) in [7, 11) is 0. The summed E-state index contributed by atoms with van der Waals surface area (Å²) in [6.45, 7) is 5.32. The maximum Gasteiger partial charge on any atom is 0.194 e. The first-order valence-electron chi connectivity index (χ1n) is 13.5. The molecule has 0 radical (unpaired) electrons. The van der Waals surface area contributed by atoms with Gasteiger partial charge in [-0.05, 0) is 44.5 Å². The van der Waals surface area contributed by atoms with Gasteiger partial charge in [-0.15, -0.1) is 16.9 Å². The third-order valence-corrected chi connectivity index (χ3v) is 9.35. The number of halogens is 3. The minimum atomic E-state index is -1.63. The Labute approximate surface area is 244 Å². The molecule has 0 spiro atoms. The lowest BCUT2D eigenvalue weighted by Crippen LogP contribution is -2.56. The summed E-state index contributed by atoms with van der Waals surface area (Å²) >= 11 is 1.11. The molecule has 3 aromatic rings. The first-order valence-corrected chi connectivity index (χ1v) is 14.4. The molecule has 0 aliphatic carbocycles. The van der Waals surface area contributed by atoms with Crippen molar-refractivity contribution in [2.24, 2.45) is 0 Å². The molecule has 228 valence electrons. The van der Waals surface area contributed by atoms with Crippen molar-refractivity contribution in [2.75, 3.05) is 13.2 Å². The number of thioether (sulfide) groups is 1. The second kappa shape index (κ2) is 11.8. The lowest BCUT2D eigenvalue weighted by molar-refractivity contribution is -0.179. The zero-order valence-corrected chi connectivity index (χ0v) is 24.0. The normalized spacial score (nSPS) is 30.3. The molecule has 2 aliphatic rings. The minimum Gasteiger partial charge on any atom is -0.394 e. The van der Waals surface area contributed by atoms with Crippen LogP contribution in [0.3, 0.4) is 0 Å². The average molecular weight is 611 g/mol. The predicted octanol–water partition coefficient (Wildman–Crippen LogP) is 2.84. The van der Waals surface area contributed by atoms with Gasteiger partial charge in [0.1, 0.15) is 35.5 Å². The Balaban J connectivity index is 1.49. The maximum atomic E-state index is 13.9. The highest BCUT2D eigenvalue weighted by atomic mass is 32.2. The number of aromatic nitrogens is 4. The molecule has 10 nitrogen and oxygen atoms in total. The van der Waals surface area contributed by atoms with Gasteiger partial charge in [0.2, 0.25) is 0 Å². The molecule has 2 saturated heterocycles. The van der Waals surface area contributed by atoms with E-state index in [1.165, 1.54) is 6.20 Å². The molecular formula is C28H33F3N4O6S. The Morgan fingerprint density at radius 1 is 1.17 bits per heavy atom. The molecule has 7 atom stereocenters. The van der Waals surface area contributed by atoms with E-state index < -0.39 is 70.3 Å². The number of pyridine rings is 1. The second-order valence-electron chi connectivity index (χ2n) is 11.4. The third kappa shape index (κ3) is 5.94. The number of ether oxygens (including phenoxy) is 2. The third-order valence-electron chi connectivity index (χ3n) is 7.76. The molecule has 4 heterocycles. The van der Waals surface area contributed by atoms with Gasteiger partial charge in [-0.3, -0.25) is 4.98 Å². The van der Waals surface area contributed by atoms with Crippen LogP contribution in [0.4, 0.5) is 13.2 Å². The fourth-order valence-corrected chi connectivity index (χ4v) is 7.33. The molecule has 14 heteroatoms. The van der Waals surface area contributed by atoms with Crippen LogP contribution in [0.15, 0.2) is 36.7 Å². The van der Waals surface area contributed by atoms with E-state index >= 15 is 0 Å². The predicted molar refractivity (Wildman–Crippen MR) is 146 cm³/mol. The van der Waals surface area contributed by atoms with Crippen LogP contribution >= 0.6 is 11.8 Å². The van der Waals surface area contributed by atoms with E-state index in [1.807, 2.05) is 26.8 Å². The number of hydrogen-bond donors (Lipinski definition) is 4. The van der Waals surface area contributed by atoms with Crippen LogP contribution in [-0.2, 0) is 9.47 Å². The van der Waals surface area contributed by atoms with Gasteiger partial charge in [0.05, 0.1) is 41.6 Å². The minimum absolute atomic E-state index is 0.0378. The van der Waals surface area contributed by atoms with E-state index in [-0.39, 0.29) is 17.7 Å². The molecule has 2 aliphatic heterocycles. The average Bonchev–Trinajstić information content (AvgIpc) is 3.41. The SMILES string of the molecule is Cc1cccnc1[C@@H](S[C@@H]1O[C@H](CO)[C@H](O)[C@H](n2cc(-c3cc(F)c(F)c(F)c3)nn2)[C@H]1O)[C@]1(O)CCOC(C)(C)C1. The van der Waals surface area contributed by atoms with Gasteiger partial charge in [-0.2, -0.15) is 0 Å². The number of aryl methyl sites for hydroxylation is 1. The van der Waals surface area contributed by atoms with E-state index in [1.54, 1.807) is 12.3 Å². The summed E-state index contributed by atoms with van der Waals surface area (Å²) in [6, 6.07) is 3.95. The number of aliphatic hydroxyl groups is 4. The highest BCUT2D eigenvalue weighted by Gasteiger charge is 2.52. The van der Waals surface area contributed by atoms with E-state index in [9.17, 15) is 33.6 Å². The zero-order chi connectivity index (χ0) is 30.4. The van der Waals surface area contributed by atoms with Gasteiger partial charge in [-0.1, -0.05) is 11.3 Å². The molecule has 2 aromatic heterocycles. The van der Waals surface area contributed by atoms with Crippen molar-refractivity contribution in [3.05, 3.63) is 65.4 Å². The summed E-state index contributed by atoms with van der Waals surface area (Å²) in [5.74, 6) is -4.44. The molecule has 2 fully saturated rings. The lowest BCUT2D eigenvalue weighted by atomic mass is 9.80. The zero-order valence-electron chi connectivity index (χ0n) is 23.2. The molecule has 4 N–H and O–H groups in total. The van der Waals surface area contributed by atoms with E-state index in [4.69, 9.17) is 9.47 Å². The first-order chi connectivity index (χ1) is 19.8. The van der Waals surface area contributed by atoms with Crippen molar-refractivity contribution in [3.63, 3.8) is 0 Å². The quantitative estimate of drug-likeness (QED) is 0.295. The van der Waals surface area contributed by atoms with Crippen LogP contribution in [0.1, 0.15) is 49.2 Å². The van der Waals surface area contributed by atoms with Crippen LogP contribution in [0, 0.1) is 24.4 Å². The maximum absolute atomic E-state index is 13.9. The summed E-state index contributed by atoms with van der Waals surface area (Å²) in [5, 5.41) is 51.8. The number of aliphatic hydroxyl groups excluding tert-OH is 3. The molecule has 1 aromatic carbocycles. The van der Waals surface area contributed by atoms with Crippen molar-refractivity contribution in [2.45, 2.75) is 79.9 Å². The van der Waals surface area contributed by atoms with E-state index in [0.717, 1.165) is 34.1 Å². The summed E-state index contributed by atoms with van der Waals surface area (Å²) in [4.78, 5) is 4.55. The number of rotatable bonds is 7. The van der Waals surface area contributed by atoms with Crippen LogP contribution in [-0.4, -0.2) is 88.6 Å². The summed E-state index contributed by atoms with van der Waals surface area (Å²) < 4.78 is 54.1. The fraction of sp³-hybridized carbons (Fsp3) is 0.536. The summed E-state index contributed by atoms with van der Waals surface area (Å²) in [5.41, 5.74) is -1.78. The monoisotopic (exact) mass is 610 g/mol. The lowest BCUT2D eigenvalue weighted by Gasteiger charge is -2.48. The van der Waals surface area contributed by atoms with Crippen molar-refractivity contribution in [1.29, 1.82) is 0 Å². The van der Waals surface area contributed by atoms with Gasteiger partial charge >= 0.3 is 0 Å². The topological polar surface area (TPSA) is 143 Å². The van der Waals surface area contributed by atoms with Crippen LogP contribution < -0.4 is 0 Å². The summed E-state index contributed by atoms with van der Waals surface area (Å²) in [6.07, 6.45) is -0.647. The Morgan fingerprint density at radius 2 is 1.88 bits per heavy atom. The number of benzene rings is 1. The molecule has 42 heavy (non-hydrogen) atoms. The van der Waals surface area contributed by atoms with Crippen LogP contribution in [0.25, 0.3) is 11.3 Å². The Bertz CT molecular complexity index is 1410. The molecule has 0 saturated carbocycles. The molecule has 0 amide bonds. The first kappa shape index (κ1) is 30.9. The molecule has 5 rings (SSSR count). The second-order valence-corrected chi connectivity index (χ2v) is 12.6. The van der Waals surface area contributed by atoms with Crippen molar-refractivity contribution >= 4 is 11.8 Å². The largest absolute Gasteiger partial charge is 0.394 e. The van der Waals surface area contributed by atoms with Crippen LogP contribution in [0.5, 0.6) is 0 Å². The van der Waals surface area contributed by atoms with Crippen LogP contribution in [0.2, 0.25) is 0 Å². The van der Waals surface area contributed by atoms with Gasteiger partial charge in [0.25, 0.3) is 0 Å². The fourth-order valence-electron chi connectivity index (χ4n) is 5.71. The Morgan fingerprint density at radius 3 is 2.52 bits per heavy atom. The smallest absolute Gasteiger partial charge is 0.194 e. The highest BCUT2D eigenvalue weighted by molar-refractivity contribution is 8.00. The Hall–Kier alpha value is -2.59. The Kier molecular flexibility index (Phi) is 8.69. The molecular weight excluding hydrogens is 577 g/mol. The standard InChI is InChI=1S/C28H33F3N4O6S/c1-14-5-4-7-32-21(14)25(28(39)6-8-40-27(2,3)13-28)42-26-24(38)22(23(37)19(12-36)41-26)35-11-18(33-34-35)15-9-16(29)20(31)17(30)10-15/h4-5,7,9-11,19,22-26,36-39H,6,8,12-13H2,1-3H3/t19-,22+,23+,24-,25-,26+,28+/m1/s1. The van der Waals surface area contributed by atoms with Crippen molar-refractivity contribution < 1.29 is 43.1 Å². The van der Waals surface area contributed by atoms with Gasteiger partial charge in [0.15, 0.2) is 17.5 Å². The number of hydrogen-bond acceptors (Lipinski definition) is 10. The van der Waals surface area contributed by atoms with Crippen molar-refractivity contribution in [1.82, 2.24) is 20.0 Å². The van der Waals surface area contributed by atoms with Gasteiger partial charge in [-0.25, -0.2) is 17.9 Å². The number of nitrogens with zero attached hydrogens (tertiary/aromatic N) is 4. The molecule has 0 bridgehead atoms. The van der Waals surface area contributed by atoms with E-state index in [0.29, 0.717) is 18.7 Å². The van der Waals surface area contributed by atoms with E-state index in [2.05, 4.69) is 15.3 Å². The highest BCUT2D eigenvalue weighted by Crippen LogP contribution is 2.51.